The van der Waals surface area contributed by atoms with Gasteiger partial charge in [0, 0.05) is 47.7 Å². The average Bonchev–Trinajstić information content (AvgIpc) is 3.60. The van der Waals surface area contributed by atoms with Gasteiger partial charge in [-0.25, -0.2) is 0 Å². The summed E-state index contributed by atoms with van der Waals surface area (Å²) in [5.74, 6) is -0.264. The lowest BCUT2D eigenvalue weighted by atomic mass is 9.44. The Balaban J connectivity index is 1.87. The largest absolute Gasteiger partial charge is 0.458 e. The normalized spacial score (nSPS) is 28.4. The lowest BCUT2D eigenvalue weighted by molar-refractivity contribution is -0.165. The first-order chi connectivity index (χ1) is 24.2. The predicted molar refractivity (Wildman–Crippen MR) is 186 cm³/mol. The number of esters is 1. The van der Waals surface area contributed by atoms with Gasteiger partial charge in [0.15, 0.2) is 5.78 Å². The van der Waals surface area contributed by atoms with E-state index in [-0.39, 0.29) is 34.9 Å². The third kappa shape index (κ3) is 6.52. The van der Waals surface area contributed by atoms with Gasteiger partial charge < -0.3 is 4.74 Å². The zero-order valence-corrected chi connectivity index (χ0v) is 28.1. The molecular formula is C47H30O3. The fraction of sp³-hybridized carbons (Fsp3) is 0.319. The minimum Gasteiger partial charge on any atom is -0.458 e. The number of fused-ring (bicyclic) bond motifs is 6. The molecule has 1 heterocycles. The Labute approximate surface area is 292 Å². The van der Waals surface area contributed by atoms with Crippen LogP contribution in [0.2, 0.25) is 0 Å². The number of ketones is 1. The summed E-state index contributed by atoms with van der Waals surface area (Å²) in [7, 11) is 0. The zero-order chi connectivity index (χ0) is 35.6. The van der Waals surface area contributed by atoms with E-state index in [0.717, 1.165) is 29.6 Å². The van der Waals surface area contributed by atoms with Crippen molar-refractivity contribution >= 4 is 11.8 Å². The molecule has 0 aromatic rings. The fourth-order valence-corrected chi connectivity index (χ4v) is 8.51. The van der Waals surface area contributed by atoms with Crippen molar-refractivity contribution in [2.45, 2.75) is 64.4 Å². The van der Waals surface area contributed by atoms with Crippen molar-refractivity contribution in [1.29, 1.82) is 0 Å². The highest BCUT2D eigenvalue weighted by atomic mass is 16.6. The van der Waals surface area contributed by atoms with Crippen molar-refractivity contribution in [3.8, 4) is 0 Å². The van der Waals surface area contributed by atoms with Gasteiger partial charge in [-0.1, -0.05) is 48.2 Å². The molecule has 5 aliphatic rings. The second-order valence-electron chi connectivity index (χ2n) is 12.9. The van der Waals surface area contributed by atoms with E-state index in [9.17, 15) is 9.59 Å². The maximum atomic E-state index is 12.9. The van der Waals surface area contributed by atoms with Gasteiger partial charge >= 0.3 is 5.97 Å². The SMILES string of the molecule is C=C=C=C=C=C=C=C=C=C=C=C=C=C=C1CC2(CCC(=O)O2)[C@]2(C)CCC3C(C(=C=C=C=C=C=C)C(=C=C=C=C=C)C4=CC(=O)CC[C@]43C)[C@H]12. The molecule has 0 radical (unpaired) electrons. The highest BCUT2D eigenvalue weighted by molar-refractivity contribution is 5.93. The molecule has 6 atom stereocenters. The number of allylic oxidation sites excluding steroid dienone is 3. The number of hydrogen-bond acceptors (Lipinski definition) is 3. The molecule has 0 aromatic carbocycles. The predicted octanol–water partition coefficient (Wildman–Crippen LogP) is 8.50. The molecular weight excluding hydrogens is 613 g/mol. The van der Waals surface area contributed by atoms with Crippen LogP contribution in [0.5, 0.6) is 0 Å². The quantitative estimate of drug-likeness (QED) is 0.197. The minimum atomic E-state index is -0.692. The van der Waals surface area contributed by atoms with Crippen LogP contribution in [0.1, 0.15) is 58.8 Å². The van der Waals surface area contributed by atoms with E-state index in [1.54, 1.807) is 6.08 Å². The van der Waals surface area contributed by atoms with Crippen LogP contribution in [0.4, 0.5) is 0 Å². The molecule has 1 spiro atoms. The molecule has 0 bridgehead atoms. The Morgan fingerprint density at radius 1 is 0.680 bits per heavy atom. The van der Waals surface area contributed by atoms with Crippen molar-refractivity contribution in [2.75, 3.05) is 0 Å². The van der Waals surface area contributed by atoms with Crippen molar-refractivity contribution in [1.82, 2.24) is 0 Å². The fourth-order valence-electron chi connectivity index (χ4n) is 8.51. The van der Waals surface area contributed by atoms with Crippen molar-refractivity contribution in [2.24, 2.45) is 28.6 Å². The summed E-state index contributed by atoms with van der Waals surface area (Å²) in [4.78, 5) is 25.7. The van der Waals surface area contributed by atoms with Gasteiger partial charge in [-0.05, 0) is 166 Å². The van der Waals surface area contributed by atoms with E-state index in [1.807, 2.05) is 0 Å². The number of rotatable bonds is 0. The molecule has 5 rings (SSSR count). The van der Waals surface area contributed by atoms with E-state index >= 15 is 0 Å². The molecule has 236 valence electrons. The maximum Gasteiger partial charge on any atom is 0.306 e. The molecule has 3 nitrogen and oxygen atoms in total. The summed E-state index contributed by atoms with van der Waals surface area (Å²) in [6.07, 6.45) is 6.08. The highest BCUT2D eigenvalue weighted by Crippen LogP contribution is 2.72. The molecule has 1 aliphatic heterocycles. The van der Waals surface area contributed by atoms with E-state index in [0.29, 0.717) is 37.7 Å². The third-order valence-electron chi connectivity index (χ3n) is 10.6. The summed E-state index contributed by atoms with van der Waals surface area (Å²) in [6, 6.07) is 0. The van der Waals surface area contributed by atoms with Crippen molar-refractivity contribution in [3.63, 3.8) is 0 Å². The molecule has 1 saturated heterocycles. The van der Waals surface area contributed by atoms with Gasteiger partial charge in [0.1, 0.15) is 5.60 Å². The summed E-state index contributed by atoms with van der Waals surface area (Å²) < 4.78 is 6.28. The first kappa shape index (κ1) is 34.6. The first-order valence-electron chi connectivity index (χ1n) is 16.2. The lowest BCUT2D eigenvalue weighted by Gasteiger charge is -2.59. The molecule has 0 amide bonds. The Morgan fingerprint density at radius 3 is 1.86 bits per heavy atom. The van der Waals surface area contributed by atoms with Crippen LogP contribution in [-0.2, 0) is 14.3 Å². The van der Waals surface area contributed by atoms with Crippen LogP contribution >= 0.6 is 0 Å². The van der Waals surface area contributed by atoms with Gasteiger partial charge in [0.05, 0.1) is 0 Å². The number of ether oxygens (including phenoxy) is 1. The van der Waals surface area contributed by atoms with Crippen LogP contribution < -0.4 is 0 Å². The Bertz CT molecular complexity index is 2570. The number of hydrogen-bond donors (Lipinski definition) is 0. The van der Waals surface area contributed by atoms with Gasteiger partial charge in [0.2, 0.25) is 0 Å². The zero-order valence-electron chi connectivity index (χ0n) is 28.1. The highest BCUT2D eigenvalue weighted by Gasteiger charge is 2.70. The monoisotopic (exact) mass is 642 g/mol. The van der Waals surface area contributed by atoms with Gasteiger partial charge in [0.25, 0.3) is 0 Å². The molecule has 3 unspecified atom stereocenters. The first-order valence-corrected chi connectivity index (χ1v) is 16.2. The molecule has 0 aromatic heterocycles. The standard InChI is InChI=1S/C47H30O3/c1-6-9-12-14-15-16-17-18-19-20-21-23-25-36-35-47(33-30-42(49)50-47)46(5)32-29-40-43(44(36)46)39(27-24-13-10-7-2)38(26-22-11-8-3)41-34-37(48)28-31-45(40,41)4/h34,40,43-44H,1-3,28-33,35H2,4-5H3/t40?,43?,44-,45-,46+,47?/m0/s1. The molecule has 3 saturated carbocycles. The molecule has 4 aliphatic carbocycles. The van der Waals surface area contributed by atoms with E-state index in [1.165, 1.54) is 0 Å². The Kier molecular flexibility index (Phi) is 10.4. The van der Waals surface area contributed by atoms with E-state index in [2.05, 4.69) is 160 Å². The van der Waals surface area contributed by atoms with Crippen LogP contribution in [0.15, 0.2) is 174 Å². The summed E-state index contributed by atoms with van der Waals surface area (Å²) in [5, 5.41) is 0. The second kappa shape index (κ2) is 15.0. The Hall–Kier alpha value is -6.74. The van der Waals surface area contributed by atoms with Gasteiger partial charge in [-0.15, -0.1) is 0 Å². The number of carbonyl (C=O) groups excluding carboxylic acids is 2. The van der Waals surface area contributed by atoms with Crippen LogP contribution in [0, 0.1) is 28.6 Å². The van der Waals surface area contributed by atoms with E-state index in [4.69, 9.17) is 4.74 Å². The Morgan fingerprint density at radius 2 is 1.24 bits per heavy atom. The summed E-state index contributed by atoms with van der Waals surface area (Å²) in [5.41, 5.74) is 63.0. The number of carbonyl (C=O) groups is 2. The average molecular weight is 643 g/mol. The molecule has 3 heteroatoms. The van der Waals surface area contributed by atoms with Crippen LogP contribution in [-0.4, -0.2) is 17.4 Å². The second-order valence-corrected chi connectivity index (χ2v) is 12.9. The smallest absolute Gasteiger partial charge is 0.306 e. The van der Waals surface area contributed by atoms with Crippen LogP contribution in [0.3, 0.4) is 0 Å². The lowest BCUT2D eigenvalue weighted by Crippen LogP contribution is -2.55. The minimum absolute atomic E-state index is 0.0699. The molecule has 50 heavy (non-hydrogen) atoms. The third-order valence-corrected chi connectivity index (χ3v) is 10.6. The van der Waals surface area contributed by atoms with Crippen LogP contribution in [0.25, 0.3) is 0 Å². The molecule has 4 fully saturated rings. The summed E-state index contributed by atoms with van der Waals surface area (Å²) in [6.45, 7) is 15.0. The maximum absolute atomic E-state index is 12.9. The topological polar surface area (TPSA) is 43.4 Å². The van der Waals surface area contributed by atoms with Gasteiger partial charge in [-0.2, -0.15) is 0 Å². The van der Waals surface area contributed by atoms with Crippen molar-refractivity contribution < 1.29 is 14.3 Å². The van der Waals surface area contributed by atoms with Crippen molar-refractivity contribution in [3.05, 3.63) is 174 Å². The summed E-state index contributed by atoms with van der Waals surface area (Å²) >= 11 is 0. The van der Waals surface area contributed by atoms with Gasteiger partial charge in [-0.3, -0.25) is 9.59 Å². The van der Waals surface area contributed by atoms with E-state index < -0.39 is 11.0 Å². The molecule has 0 N–H and O–H groups in total.